The molecular weight excluding hydrogens is 422 g/mol. The molecule has 0 bridgehead atoms. The van der Waals surface area contributed by atoms with E-state index in [9.17, 15) is 22.4 Å². The molecule has 2 aromatic heterocycles. The van der Waals surface area contributed by atoms with Crippen LogP contribution in [-0.4, -0.2) is 25.5 Å². The Hall–Kier alpha value is -2.69. The Morgan fingerprint density at radius 1 is 1.15 bits per heavy atom. The van der Waals surface area contributed by atoms with Crippen molar-refractivity contribution in [2.24, 2.45) is 7.05 Å². The Kier molecular flexibility index (Phi) is 4.81. The molecule has 136 valence electrons. The number of anilines is 1. The molecule has 0 radical (unpaired) electrons. The number of halogens is 5. The summed E-state index contributed by atoms with van der Waals surface area (Å²) in [6, 6.07) is 0.264. The first-order valence-electron chi connectivity index (χ1n) is 7.11. The van der Waals surface area contributed by atoms with Crippen LogP contribution in [0.2, 0.25) is 0 Å². The highest BCUT2D eigenvalue weighted by molar-refractivity contribution is 9.10. The summed E-state index contributed by atoms with van der Waals surface area (Å²) in [5.74, 6) is -6.72. The minimum atomic E-state index is -1.76. The molecule has 0 aliphatic heterocycles. The SMILES string of the molecule is Cn1ncc(Br)c1C(=O)Nc1cnn(Cc2c(F)cc(F)c(F)c2F)c1. The van der Waals surface area contributed by atoms with Crippen LogP contribution in [0.3, 0.4) is 0 Å². The van der Waals surface area contributed by atoms with E-state index in [-0.39, 0.29) is 17.4 Å². The smallest absolute Gasteiger partial charge is 0.275 e. The van der Waals surface area contributed by atoms with Crippen molar-refractivity contribution in [1.29, 1.82) is 0 Å². The average molecular weight is 432 g/mol. The summed E-state index contributed by atoms with van der Waals surface area (Å²) in [6.07, 6.45) is 3.99. The maximum absolute atomic E-state index is 13.7. The number of carbonyl (C=O) groups excluding carboxylic acids is 1. The van der Waals surface area contributed by atoms with Crippen LogP contribution >= 0.6 is 15.9 Å². The van der Waals surface area contributed by atoms with Gasteiger partial charge in [0.25, 0.3) is 5.91 Å². The zero-order chi connectivity index (χ0) is 19.0. The van der Waals surface area contributed by atoms with Crippen LogP contribution in [0.4, 0.5) is 23.2 Å². The fraction of sp³-hybridized carbons (Fsp3) is 0.133. The summed E-state index contributed by atoms with van der Waals surface area (Å²) < 4.78 is 56.6. The van der Waals surface area contributed by atoms with Gasteiger partial charge in [0.2, 0.25) is 0 Å². The molecule has 0 fully saturated rings. The molecule has 0 spiro atoms. The number of nitrogens with zero attached hydrogens (tertiary/aromatic N) is 4. The van der Waals surface area contributed by atoms with E-state index in [4.69, 9.17) is 0 Å². The van der Waals surface area contributed by atoms with Crippen LogP contribution in [-0.2, 0) is 13.6 Å². The van der Waals surface area contributed by atoms with E-state index >= 15 is 0 Å². The number of carbonyl (C=O) groups is 1. The first-order chi connectivity index (χ1) is 12.3. The number of aryl methyl sites for hydroxylation is 1. The van der Waals surface area contributed by atoms with Gasteiger partial charge in [-0.05, 0) is 15.9 Å². The number of hydrogen-bond donors (Lipinski definition) is 1. The molecule has 0 aliphatic rings. The maximum atomic E-state index is 13.7. The van der Waals surface area contributed by atoms with Crippen molar-refractivity contribution >= 4 is 27.5 Å². The summed E-state index contributed by atoms with van der Waals surface area (Å²) in [4.78, 5) is 12.2. The Labute approximate surface area is 152 Å². The van der Waals surface area contributed by atoms with Gasteiger partial charge in [-0.25, -0.2) is 17.6 Å². The molecule has 2 heterocycles. The van der Waals surface area contributed by atoms with Crippen molar-refractivity contribution in [2.45, 2.75) is 6.54 Å². The zero-order valence-corrected chi connectivity index (χ0v) is 14.7. The molecule has 11 heteroatoms. The van der Waals surface area contributed by atoms with Crippen molar-refractivity contribution in [3.05, 3.63) is 63.7 Å². The number of benzene rings is 1. The molecule has 0 atom stereocenters. The molecule has 0 aliphatic carbocycles. The van der Waals surface area contributed by atoms with E-state index < -0.39 is 41.3 Å². The second-order valence-electron chi connectivity index (χ2n) is 5.29. The third-order valence-electron chi connectivity index (χ3n) is 3.53. The highest BCUT2D eigenvalue weighted by atomic mass is 79.9. The zero-order valence-electron chi connectivity index (χ0n) is 13.1. The minimum absolute atomic E-state index is 0.242. The predicted octanol–water partition coefficient (Wildman–Crippen LogP) is 3.24. The molecule has 0 unspecified atom stereocenters. The van der Waals surface area contributed by atoms with Crippen LogP contribution < -0.4 is 5.32 Å². The summed E-state index contributed by atoms with van der Waals surface area (Å²) in [7, 11) is 1.58. The molecule has 1 aromatic carbocycles. The van der Waals surface area contributed by atoms with E-state index in [1.807, 2.05) is 0 Å². The number of rotatable bonds is 4. The number of aromatic nitrogens is 4. The van der Waals surface area contributed by atoms with Crippen LogP contribution in [0.25, 0.3) is 0 Å². The summed E-state index contributed by atoms with van der Waals surface area (Å²) >= 11 is 3.19. The molecule has 0 saturated heterocycles. The Morgan fingerprint density at radius 2 is 1.88 bits per heavy atom. The standard InChI is InChI=1S/C15H10BrF4N5O/c1-24-14(9(16)4-21-24)15(26)23-7-3-22-25(5-7)6-8-10(17)2-11(18)13(20)12(8)19/h2-5H,6H2,1H3,(H,23,26). The van der Waals surface area contributed by atoms with E-state index in [1.165, 1.54) is 23.3 Å². The third kappa shape index (κ3) is 3.34. The molecule has 3 rings (SSSR count). The number of nitrogens with one attached hydrogen (secondary N) is 1. The lowest BCUT2D eigenvalue weighted by Gasteiger charge is -2.07. The van der Waals surface area contributed by atoms with Crippen molar-refractivity contribution in [2.75, 3.05) is 5.32 Å². The topological polar surface area (TPSA) is 64.7 Å². The fourth-order valence-electron chi connectivity index (χ4n) is 2.28. The molecule has 6 nitrogen and oxygen atoms in total. The number of hydrogen-bond acceptors (Lipinski definition) is 3. The van der Waals surface area contributed by atoms with Crippen LogP contribution in [0.1, 0.15) is 16.1 Å². The van der Waals surface area contributed by atoms with Crippen molar-refractivity contribution in [3.63, 3.8) is 0 Å². The largest absolute Gasteiger partial charge is 0.318 e. The van der Waals surface area contributed by atoms with Gasteiger partial charge in [-0.15, -0.1) is 0 Å². The van der Waals surface area contributed by atoms with Crippen LogP contribution in [0, 0.1) is 23.3 Å². The molecule has 0 saturated carbocycles. The van der Waals surface area contributed by atoms with Crippen molar-refractivity contribution in [3.8, 4) is 0 Å². The minimum Gasteiger partial charge on any atom is -0.318 e. The van der Waals surface area contributed by atoms with Crippen LogP contribution in [0.5, 0.6) is 0 Å². The lowest BCUT2D eigenvalue weighted by molar-refractivity contribution is 0.101. The second-order valence-corrected chi connectivity index (χ2v) is 6.15. The van der Waals surface area contributed by atoms with Gasteiger partial charge >= 0.3 is 0 Å². The highest BCUT2D eigenvalue weighted by Gasteiger charge is 2.20. The van der Waals surface area contributed by atoms with Gasteiger partial charge in [0.05, 0.1) is 29.1 Å². The lowest BCUT2D eigenvalue weighted by Crippen LogP contribution is -2.16. The van der Waals surface area contributed by atoms with Crippen LogP contribution in [0.15, 0.2) is 29.1 Å². The van der Waals surface area contributed by atoms with Gasteiger partial charge < -0.3 is 5.32 Å². The lowest BCUT2D eigenvalue weighted by atomic mass is 10.2. The van der Waals surface area contributed by atoms with E-state index in [0.717, 1.165) is 4.68 Å². The van der Waals surface area contributed by atoms with E-state index in [2.05, 4.69) is 31.4 Å². The fourth-order valence-corrected chi connectivity index (χ4v) is 2.81. The van der Waals surface area contributed by atoms with Gasteiger partial charge in [-0.3, -0.25) is 14.2 Å². The first kappa shape index (κ1) is 18.1. The monoisotopic (exact) mass is 431 g/mol. The van der Waals surface area contributed by atoms with Gasteiger partial charge in [-0.2, -0.15) is 10.2 Å². The van der Waals surface area contributed by atoms with Gasteiger partial charge in [0.15, 0.2) is 17.5 Å². The summed E-state index contributed by atoms with van der Waals surface area (Å²) in [5.41, 5.74) is -0.179. The Balaban J connectivity index is 1.79. The predicted molar refractivity (Wildman–Crippen MR) is 86.5 cm³/mol. The van der Waals surface area contributed by atoms with Crippen molar-refractivity contribution < 1.29 is 22.4 Å². The van der Waals surface area contributed by atoms with E-state index in [1.54, 1.807) is 7.05 Å². The molecule has 1 amide bonds. The Morgan fingerprint density at radius 3 is 2.54 bits per heavy atom. The van der Waals surface area contributed by atoms with E-state index in [0.29, 0.717) is 4.47 Å². The normalized spacial score (nSPS) is 11.0. The summed E-state index contributed by atoms with van der Waals surface area (Å²) in [6.45, 7) is -0.486. The summed E-state index contributed by atoms with van der Waals surface area (Å²) in [5, 5.41) is 10.3. The van der Waals surface area contributed by atoms with Gasteiger partial charge in [0.1, 0.15) is 11.5 Å². The molecule has 26 heavy (non-hydrogen) atoms. The maximum Gasteiger partial charge on any atom is 0.275 e. The first-order valence-corrected chi connectivity index (χ1v) is 7.90. The van der Waals surface area contributed by atoms with Gasteiger partial charge in [-0.1, -0.05) is 0 Å². The Bertz CT molecular complexity index is 981. The van der Waals surface area contributed by atoms with Crippen molar-refractivity contribution in [1.82, 2.24) is 19.6 Å². The third-order valence-corrected chi connectivity index (χ3v) is 4.11. The average Bonchev–Trinajstić information content (AvgIpc) is 3.15. The molecular formula is C15H10BrF4N5O. The van der Waals surface area contributed by atoms with Gasteiger partial charge in [0, 0.05) is 24.9 Å². The molecule has 3 aromatic rings. The molecule has 1 N–H and O–H groups in total. The second kappa shape index (κ2) is 6.90. The number of amides is 1. The quantitative estimate of drug-likeness (QED) is 0.391. The highest BCUT2D eigenvalue weighted by Crippen LogP contribution is 2.21.